The van der Waals surface area contributed by atoms with Crippen LogP contribution in [0, 0.1) is 0 Å². The van der Waals surface area contributed by atoms with Gasteiger partial charge in [0.25, 0.3) is 5.91 Å². The van der Waals surface area contributed by atoms with Crippen molar-refractivity contribution in [2.75, 3.05) is 32.4 Å². The zero-order valence-electron chi connectivity index (χ0n) is 12.8. The van der Waals surface area contributed by atoms with Gasteiger partial charge in [-0.1, -0.05) is 0 Å². The molecule has 21 heavy (non-hydrogen) atoms. The molecule has 5 nitrogen and oxygen atoms in total. The van der Waals surface area contributed by atoms with Gasteiger partial charge in [0.15, 0.2) is 0 Å². The number of benzene rings is 1. The first-order valence-electron chi connectivity index (χ1n) is 7.25. The summed E-state index contributed by atoms with van der Waals surface area (Å²) in [5.41, 5.74) is 8.17. The van der Waals surface area contributed by atoms with E-state index in [4.69, 9.17) is 5.73 Å². The minimum absolute atomic E-state index is 0.000944. The second-order valence-corrected chi connectivity index (χ2v) is 6.47. The lowest BCUT2D eigenvalue weighted by atomic mass is 9.99. The molecule has 112 valence electrons. The van der Waals surface area contributed by atoms with Crippen LogP contribution in [0.3, 0.4) is 0 Å². The molecule has 2 aromatic rings. The fraction of sp³-hybridized carbons (Fsp3) is 0.438. The highest BCUT2D eigenvalue weighted by molar-refractivity contribution is 6.07. The molecule has 1 saturated heterocycles. The number of nitrogens with zero attached hydrogens (tertiary/aromatic N) is 2. The number of carbonyl (C=O) groups is 1. The van der Waals surface area contributed by atoms with E-state index in [9.17, 15) is 4.79 Å². The Balaban J connectivity index is 1.92. The normalized spacial score (nSPS) is 19.1. The molecule has 0 atom stereocenters. The van der Waals surface area contributed by atoms with Crippen LogP contribution in [0.4, 0.5) is 5.69 Å². The van der Waals surface area contributed by atoms with Crippen molar-refractivity contribution in [1.82, 2.24) is 14.8 Å². The minimum Gasteiger partial charge on any atom is -0.399 e. The molecule has 3 rings (SSSR count). The fourth-order valence-corrected chi connectivity index (χ4v) is 2.90. The van der Waals surface area contributed by atoms with Crippen molar-refractivity contribution in [3.05, 3.63) is 30.0 Å². The lowest BCUT2D eigenvalue weighted by Crippen LogP contribution is -2.58. The number of hydrogen-bond donors (Lipinski definition) is 2. The van der Waals surface area contributed by atoms with Crippen molar-refractivity contribution in [3.63, 3.8) is 0 Å². The van der Waals surface area contributed by atoms with Crippen molar-refractivity contribution < 1.29 is 4.79 Å². The van der Waals surface area contributed by atoms with E-state index in [0.29, 0.717) is 11.3 Å². The van der Waals surface area contributed by atoms with Gasteiger partial charge in [-0.3, -0.25) is 9.69 Å². The van der Waals surface area contributed by atoms with Crippen LogP contribution in [0.1, 0.15) is 24.2 Å². The molecule has 0 bridgehead atoms. The highest BCUT2D eigenvalue weighted by Gasteiger charge is 2.34. The second-order valence-electron chi connectivity index (χ2n) is 6.47. The molecular formula is C16H22N4O. The van der Waals surface area contributed by atoms with E-state index in [1.807, 2.05) is 23.1 Å². The van der Waals surface area contributed by atoms with Crippen LogP contribution in [0.5, 0.6) is 0 Å². The third-order valence-electron chi connectivity index (χ3n) is 4.54. The molecule has 0 radical (unpaired) electrons. The van der Waals surface area contributed by atoms with Crippen molar-refractivity contribution in [2.24, 2.45) is 0 Å². The van der Waals surface area contributed by atoms with Crippen LogP contribution in [0.15, 0.2) is 24.4 Å². The van der Waals surface area contributed by atoms with Gasteiger partial charge in [0.1, 0.15) is 0 Å². The SMILES string of the molecule is CN1CCN(C(=O)c2c[nH]c3ccc(N)cc23)CC1(C)C. The van der Waals surface area contributed by atoms with Gasteiger partial charge in [0.05, 0.1) is 5.56 Å². The number of nitrogens with one attached hydrogen (secondary N) is 1. The maximum Gasteiger partial charge on any atom is 0.256 e. The first-order chi connectivity index (χ1) is 9.88. The largest absolute Gasteiger partial charge is 0.399 e. The molecule has 1 amide bonds. The van der Waals surface area contributed by atoms with E-state index in [1.54, 1.807) is 6.20 Å². The number of aromatic nitrogens is 1. The Morgan fingerprint density at radius 3 is 2.81 bits per heavy atom. The van der Waals surface area contributed by atoms with Crippen molar-refractivity contribution in [1.29, 1.82) is 0 Å². The molecule has 1 aliphatic heterocycles. The second kappa shape index (κ2) is 4.77. The number of H-pyrrole nitrogens is 1. The number of nitrogens with two attached hydrogens (primary N) is 1. The van der Waals surface area contributed by atoms with Gasteiger partial charge in [-0.15, -0.1) is 0 Å². The summed E-state index contributed by atoms with van der Waals surface area (Å²) >= 11 is 0. The number of nitrogen functional groups attached to an aromatic ring is 1. The molecule has 0 aliphatic carbocycles. The Morgan fingerprint density at radius 2 is 2.10 bits per heavy atom. The first kappa shape index (κ1) is 13.9. The molecule has 0 saturated carbocycles. The monoisotopic (exact) mass is 286 g/mol. The van der Waals surface area contributed by atoms with Crippen LogP contribution < -0.4 is 5.73 Å². The average molecular weight is 286 g/mol. The zero-order valence-corrected chi connectivity index (χ0v) is 12.8. The van der Waals surface area contributed by atoms with Gasteiger partial charge in [0, 0.05) is 48.0 Å². The minimum atomic E-state index is -0.000944. The molecule has 1 aromatic carbocycles. The lowest BCUT2D eigenvalue weighted by Gasteiger charge is -2.45. The average Bonchev–Trinajstić information content (AvgIpc) is 2.84. The first-order valence-corrected chi connectivity index (χ1v) is 7.25. The van der Waals surface area contributed by atoms with Crippen LogP contribution in [-0.4, -0.2) is 52.9 Å². The quantitative estimate of drug-likeness (QED) is 0.787. The summed E-state index contributed by atoms with van der Waals surface area (Å²) in [4.78, 5) is 20.2. The van der Waals surface area contributed by atoms with Gasteiger partial charge in [-0.2, -0.15) is 0 Å². The van der Waals surface area contributed by atoms with E-state index < -0.39 is 0 Å². The van der Waals surface area contributed by atoms with Gasteiger partial charge in [0.2, 0.25) is 0 Å². The number of amides is 1. The van der Waals surface area contributed by atoms with Gasteiger partial charge in [-0.25, -0.2) is 0 Å². The zero-order chi connectivity index (χ0) is 15.2. The Labute approximate surface area is 124 Å². The summed E-state index contributed by atoms with van der Waals surface area (Å²) < 4.78 is 0. The third kappa shape index (κ3) is 2.38. The van der Waals surface area contributed by atoms with Crippen LogP contribution in [-0.2, 0) is 0 Å². The summed E-state index contributed by atoms with van der Waals surface area (Å²) in [6.07, 6.45) is 1.79. The third-order valence-corrected chi connectivity index (χ3v) is 4.54. The topological polar surface area (TPSA) is 65.4 Å². The van der Waals surface area contributed by atoms with Crippen LogP contribution >= 0.6 is 0 Å². The molecule has 1 aliphatic rings. The standard InChI is InChI=1S/C16H22N4O/c1-16(2)10-20(7-6-19(16)3)15(21)13-9-18-14-5-4-11(17)8-12(13)14/h4-5,8-9,18H,6-7,10,17H2,1-3H3. The highest BCUT2D eigenvalue weighted by atomic mass is 16.2. The summed E-state index contributed by atoms with van der Waals surface area (Å²) in [6.45, 7) is 6.72. The van der Waals surface area contributed by atoms with Gasteiger partial charge in [-0.05, 0) is 39.1 Å². The smallest absolute Gasteiger partial charge is 0.256 e. The fourth-order valence-electron chi connectivity index (χ4n) is 2.90. The number of hydrogen-bond acceptors (Lipinski definition) is 3. The number of carbonyl (C=O) groups excluding carboxylic acids is 1. The van der Waals surface area contributed by atoms with Crippen LogP contribution in [0.25, 0.3) is 10.9 Å². The van der Waals surface area contributed by atoms with E-state index in [-0.39, 0.29) is 11.4 Å². The number of piperazine rings is 1. The van der Waals surface area contributed by atoms with Gasteiger partial charge < -0.3 is 15.6 Å². The maximum atomic E-state index is 12.8. The number of anilines is 1. The maximum absolute atomic E-state index is 12.8. The molecule has 1 fully saturated rings. The van der Waals surface area contributed by atoms with E-state index in [2.05, 4.69) is 30.8 Å². The molecule has 3 N–H and O–H groups in total. The van der Waals surface area contributed by atoms with Crippen molar-refractivity contribution in [2.45, 2.75) is 19.4 Å². The van der Waals surface area contributed by atoms with E-state index >= 15 is 0 Å². The number of aromatic amines is 1. The Bertz CT molecular complexity index is 689. The Kier molecular flexibility index (Phi) is 3.17. The summed E-state index contributed by atoms with van der Waals surface area (Å²) in [7, 11) is 2.11. The van der Waals surface area contributed by atoms with Crippen LogP contribution in [0.2, 0.25) is 0 Å². The van der Waals surface area contributed by atoms with Crippen molar-refractivity contribution in [3.8, 4) is 0 Å². The summed E-state index contributed by atoms with van der Waals surface area (Å²) in [6, 6.07) is 5.61. The molecular weight excluding hydrogens is 264 g/mol. The van der Waals surface area contributed by atoms with Crippen molar-refractivity contribution >= 4 is 22.5 Å². The number of likely N-dealkylation sites (N-methyl/N-ethyl adjacent to an activating group) is 1. The Morgan fingerprint density at radius 1 is 1.33 bits per heavy atom. The Hall–Kier alpha value is -2.01. The highest BCUT2D eigenvalue weighted by Crippen LogP contribution is 2.25. The predicted molar refractivity (Wildman–Crippen MR) is 85.3 cm³/mol. The van der Waals surface area contributed by atoms with E-state index in [0.717, 1.165) is 30.5 Å². The number of rotatable bonds is 1. The predicted octanol–water partition coefficient (Wildman–Crippen LogP) is 1.92. The summed E-state index contributed by atoms with van der Waals surface area (Å²) in [5, 5.41) is 0.900. The molecule has 0 spiro atoms. The summed E-state index contributed by atoms with van der Waals surface area (Å²) in [5.74, 6) is 0.0769. The lowest BCUT2D eigenvalue weighted by molar-refractivity contribution is 0.0313. The number of fused-ring (bicyclic) bond motifs is 1. The molecule has 5 heteroatoms. The molecule has 2 heterocycles. The molecule has 1 aromatic heterocycles. The molecule has 0 unspecified atom stereocenters. The van der Waals surface area contributed by atoms with E-state index in [1.165, 1.54) is 0 Å². The van der Waals surface area contributed by atoms with Gasteiger partial charge >= 0.3 is 0 Å².